The summed E-state index contributed by atoms with van der Waals surface area (Å²) in [5.74, 6) is 1.57. The molecule has 0 unspecified atom stereocenters. The second kappa shape index (κ2) is 9.33. The van der Waals surface area contributed by atoms with Crippen molar-refractivity contribution in [1.82, 2.24) is 4.90 Å². The summed E-state index contributed by atoms with van der Waals surface area (Å²) in [6.45, 7) is 7.18. The molecule has 0 aromatic heterocycles. The van der Waals surface area contributed by atoms with Crippen molar-refractivity contribution in [2.24, 2.45) is 0 Å². The van der Waals surface area contributed by atoms with Crippen LogP contribution in [-0.4, -0.2) is 66.8 Å². The Kier molecular flexibility index (Phi) is 6.85. The third-order valence-corrected chi connectivity index (χ3v) is 6.39. The van der Waals surface area contributed by atoms with Crippen LogP contribution in [0.1, 0.15) is 19.3 Å². The maximum absolute atomic E-state index is 11.5. The molecule has 2 saturated heterocycles. The van der Waals surface area contributed by atoms with E-state index in [0.717, 1.165) is 63.7 Å². The summed E-state index contributed by atoms with van der Waals surface area (Å²) in [4.78, 5) is 7.30. The van der Waals surface area contributed by atoms with E-state index in [-0.39, 0.29) is 0 Å². The lowest BCUT2D eigenvalue weighted by atomic mass is 10.2. The Hall–Kier alpha value is -1.42. The summed E-state index contributed by atoms with van der Waals surface area (Å²) in [5.41, 5.74) is 2.54. The average Bonchev–Trinajstić information content (AvgIpc) is 2.89. The molecule has 3 rings (SSSR count). The first kappa shape index (κ1) is 18.4. The van der Waals surface area contributed by atoms with Crippen LogP contribution in [0.5, 0.6) is 0 Å². The number of hydrogen-bond acceptors (Lipinski definition) is 5. The zero-order chi connectivity index (χ0) is 17.5. The third kappa shape index (κ3) is 5.27. The molecule has 0 spiro atoms. The molecule has 1 aromatic rings. The van der Waals surface area contributed by atoms with Crippen molar-refractivity contribution < 1.29 is 4.55 Å². The van der Waals surface area contributed by atoms with Gasteiger partial charge >= 0.3 is 0 Å². The van der Waals surface area contributed by atoms with Gasteiger partial charge in [0.25, 0.3) is 0 Å². The maximum Gasteiger partial charge on any atom is 0.123 e. The van der Waals surface area contributed by atoms with Gasteiger partial charge in [0, 0.05) is 37.4 Å². The summed E-state index contributed by atoms with van der Waals surface area (Å²) in [7, 11) is 0. The first-order chi connectivity index (χ1) is 12.3. The van der Waals surface area contributed by atoms with Crippen LogP contribution in [0.3, 0.4) is 0 Å². The fourth-order valence-electron chi connectivity index (χ4n) is 3.60. The van der Waals surface area contributed by atoms with Crippen molar-refractivity contribution in [2.75, 3.05) is 67.1 Å². The number of rotatable bonds is 5. The first-order valence-corrected chi connectivity index (χ1v) is 10.8. The van der Waals surface area contributed by atoms with E-state index in [1.807, 2.05) is 0 Å². The topological polar surface area (TPSA) is 56.6 Å². The molecule has 1 aromatic carbocycles. The number of nitriles is 1. The Morgan fingerprint density at radius 3 is 2.20 bits per heavy atom. The van der Waals surface area contributed by atoms with Gasteiger partial charge in [-0.3, -0.25) is 0 Å². The quantitative estimate of drug-likeness (QED) is 0.594. The second-order valence-corrected chi connectivity index (χ2v) is 8.49. The number of benzene rings is 1. The Labute approximate surface area is 154 Å². The monoisotopic (exact) mass is 360 g/mol. The maximum atomic E-state index is 11.5. The van der Waals surface area contributed by atoms with Crippen molar-refractivity contribution in [3.8, 4) is 6.07 Å². The van der Waals surface area contributed by atoms with Crippen molar-refractivity contribution in [3.63, 3.8) is 0 Å². The highest BCUT2D eigenvalue weighted by Gasteiger charge is 2.20. The van der Waals surface area contributed by atoms with Crippen LogP contribution in [0, 0.1) is 11.3 Å². The van der Waals surface area contributed by atoms with Crippen LogP contribution in [0.25, 0.3) is 0 Å². The molecular formula is C19H28N4OS. The smallest absolute Gasteiger partial charge is 0.123 e. The Bertz CT molecular complexity index is 566. The number of nitrogens with zero attached hydrogens (tertiary/aromatic N) is 4. The molecule has 0 N–H and O–H groups in total. The summed E-state index contributed by atoms with van der Waals surface area (Å²) in [6, 6.07) is 11.1. The van der Waals surface area contributed by atoms with Crippen LogP contribution in [0.4, 0.5) is 11.4 Å². The van der Waals surface area contributed by atoms with Gasteiger partial charge in [-0.1, -0.05) is 11.2 Å². The lowest BCUT2D eigenvalue weighted by Crippen LogP contribution is -2.40. The van der Waals surface area contributed by atoms with Gasteiger partial charge < -0.3 is 19.3 Å². The highest BCUT2D eigenvalue weighted by atomic mass is 32.2. The van der Waals surface area contributed by atoms with Gasteiger partial charge in [0.05, 0.1) is 19.2 Å². The van der Waals surface area contributed by atoms with Crippen LogP contribution < -0.4 is 9.80 Å². The highest BCUT2D eigenvalue weighted by Crippen LogP contribution is 2.23. The molecule has 0 saturated carbocycles. The largest absolute Gasteiger partial charge is 0.616 e. The van der Waals surface area contributed by atoms with E-state index in [2.05, 4.69) is 45.0 Å². The summed E-state index contributed by atoms with van der Waals surface area (Å²) >= 11 is -0.624. The van der Waals surface area contributed by atoms with E-state index >= 15 is 0 Å². The minimum Gasteiger partial charge on any atom is -0.616 e. The molecular weight excluding hydrogens is 332 g/mol. The van der Waals surface area contributed by atoms with Crippen LogP contribution in [0.2, 0.25) is 0 Å². The minimum absolute atomic E-state index is 0.624. The SMILES string of the molecule is N#CCCCN1CCCN(c2ccc(N3CC[S+]([O-])CC3)cc2)CC1. The van der Waals surface area contributed by atoms with Crippen molar-refractivity contribution in [2.45, 2.75) is 19.3 Å². The Balaban J connectivity index is 1.53. The highest BCUT2D eigenvalue weighted by molar-refractivity contribution is 7.91. The van der Waals surface area contributed by atoms with Crippen molar-refractivity contribution >= 4 is 22.6 Å². The molecule has 5 nitrogen and oxygen atoms in total. The van der Waals surface area contributed by atoms with E-state index < -0.39 is 11.2 Å². The normalized spacial score (nSPS) is 20.3. The number of anilines is 2. The van der Waals surface area contributed by atoms with Crippen LogP contribution >= 0.6 is 0 Å². The fraction of sp³-hybridized carbons (Fsp3) is 0.632. The van der Waals surface area contributed by atoms with E-state index in [1.54, 1.807) is 0 Å². The van der Waals surface area contributed by atoms with Gasteiger partial charge in [0.15, 0.2) is 0 Å². The van der Waals surface area contributed by atoms with Crippen molar-refractivity contribution in [1.29, 1.82) is 5.26 Å². The summed E-state index contributed by atoms with van der Waals surface area (Å²) in [5, 5.41) is 8.68. The van der Waals surface area contributed by atoms with Crippen molar-refractivity contribution in [3.05, 3.63) is 24.3 Å². The molecule has 2 heterocycles. The predicted octanol–water partition coefficient (Wildman–Crippen LogP) is 2.07. The summed E-state index contributed by atoms with van der Waals surface area (Å²) in [6.07, 6.45) is 2.81. The fourth-order valence-corrected chi connectivity index (χ4v) is 4.66. The zero-order valence-electron chi connectivity index (χ0n) is 14.9. The molecule has 2 fully saturated rings. The molecule has 2 aliphatic rings. The van der Waals surface area contributed by atoms with Gasteiger partial charge in [-0.25, -0.2) is 0 Å². The standard InChI is InChI=1S/C19H28N4OS/c20-8-1-2-9-21-10-3-11-22(13-12-21)18-4-6-19(7-5-18)23-14-16-25(24)17-15-23/h4-7H,1-3,9-17H2. The second-order valence-electron chi connectivity index (χ2n) is 6.80. The van der Waals surface area contributed by atoms with Gasteiger partial charge in [0.1, 0.15) is 11.5 Å². The van der Waals surface area contributed by atoms with E-state index in [9.17, 15) is 4.55 Å². The molecule has 6 heteroatoms. The molecule has 0 radical (unpaired) electrons. The Morgan fingerprint density at radius 2 is 1.56 bits per heavy atom. The van der Waals surface area contributed by atoms with Crippen LogP contribution in [-0.2, 0) is 11.2 Å². The van der Waals surface area contributed by atoms with Crippen LogP contribution in [0.15, 0.2) is 24.3 Å². The third-order valence-electron chi connectivity index (χ3n) is 5.11. The number of unbranched alkanes of at least 4 members (excludes halogenated alkanes) is 1. The number of hydrogen-bond donors (Lipinski definition) is 0. The molecule has 0 aliphatic carbocycles. The minimum atomic E-state index is -0.624. The molecule has 25 heavy (non-hydrogen) atoms. The van der Waals surface area contributed by atoms with Gasteiger partial charge in [0.2, 0.25) is 0 Å². The molecule has 2 aliphatic heterocycles. The predicted molar refractivity (Wildman–Crippen MR) is 105 cm³/mol. The van der Waals surface area contributed by atoms with E-state index in [0.29, 0.717) is 6.42 Å². The molecule has 0 bridgehead atoms. The van der Waals surface area contributed by atoms with E-state index in [1.165, 1.54) is 17.8 Å². The van der Waals surface area contributed by atoms with E-state index in [4.69, 9.17) is 5.26 Å². The zero-order valence-corrected chi connectivity index (χ0v) is 15.7. The Morgan fingerprint density at radius 1 is 0.920 bits per heavy atom. The average molecular weight is 361 g/mol. The van der Waals surface area contributed by atoms with Gasteiger partial charge in [-0.2, -0.15) is 5.26 Å². The first-order valence-electron chi connectivity index (χ1n) is 9.30. The molecule has 0 atom stereocenters. The lowest BCUT2D eigenvalue weighted by Gasteiger charge is -2.30. The van der Waals surface area contributed by atoms with Gasteiger partial charge in [-0.05, 0) is 50.2 Å². The lowest BCUT2D eigenvalue weighted by molar-refractivity contribution is 0.291. The molecule has 0 amide bonds. The molecule has 136 valence electrons. The summed E-state index contributed by atoms with van der Waals surface area (Å²) < 4.78 is 11.5. The van der Waals surface area contributed by atoms with Gasteiger partial charge in [-0.15, -0.1) is 0 Å².